The number of halogens is 1. The van der Waals surface area contributed by atoms with Crippen molar-refractivity contribution in [3.05, 3.63) is 11.3 Å². The molecule has 1 heterocycles. The Hall–Kier alpha value is -0.740. The second-order valence-corrected chi connectivity index (χ2v) is 12.1. The number of carbonyl (C=O) groups excluding carboxylic acids is 1. The topological polar surface area (TPSA) is 44.4 Å². The molecular weight excluding hydrogens is 394 g/mol. The van der Waals surface area contributed by atoms with Crippen LogP contribution in [0.1, 0.15) is 90.4 Å². The zero-order chi connectivity index (χ0) is 20.5. The Kier molecular flexibility index (Phi) is 4.91. The van der Waals surface area contributed by atoms with Crippen LogP contribution in [-0.2, 0) is 4.79 Å². The van der Waals surface area contributed by atoms with Gasteiger partial charge in [0.15, 0.2) is 0 Å². The van der Waals surface area contributed by atoms with Crippen LogP contribution in [-0.4, -0.2) is 34.4 Å². The van der Waals surface area contributed by atoms with E-state index in [-0.39, 0.29) is 23.4 Å². The van der Waals surface area contributed by atoms with Crippen LogP contribution in [0.3, 0.4) is 0 Å². The van der Waals surface area contributed by atoms with Crippen molar-refractivity contribution in [3.63, 3.8) is 0 Å². The number of hydrogen-bond donors (Lipinski definition) is 2. The molecule has 166 valence electrons. The minimum atomic E-state index is -0.211. The van der Waals surface area contributed by atoms with E-state index in [1.165, 1.54) is 75.5 Å². The fourth-order valence-electron chi connectivity index (χ4n) is 8.53. The van der Waals surface area contributed by atoms with E-state index in [0.717, 1.165) is 37.0 Å². The van der Waals surface area contributed by atoms with Gasteiger partial charge in [0.25, 0.3) is 0 Å². The van der Waals surface area contributed by atoms with Gasteiger partial charge in [0, 0.05) is 17.8 Å². The number of allylic oxidation sites excluding steroid dienone is 1. The van der Waals surface area contributed by atoms with Crippen molar-refractivity contribution in [1.29, 1.82) is 0 Å². The third-order valence-electron chi connectivity index (χ3n) is 9.86. The first-order valence-corrected chi connectivity index (χ1v) is 13.2. The van der Waals surface area contributed by atoms with Gasteiger partial charge in [0.2, 0.25) is 5.91 Å². The fraction of sp³-hybridized carbons (Fsp3) is 0.880. The highest BCUT2D eigenvalue weighted by molar-refractivity contribution is 6.22. The SMILES string of the molecule is CC(NC(=O)C1NN(C2CCCCC2)C2=C1CCCC2Cl)C12CC3CC(C1)C(C3)C2. The summed E-state index contributed by atoms with van der Waals surface area (Å²) in [5, 5.41) is 5.92. The summed E-state index contributed by atoms with van der Waals surface area (Å²) in [6.45, 7) is 2.29. The molecule has 0 aromatic heterocycles. The van der Waals surface area contributed by atoms with Crippen molar-refractivity contribution in [1.82, 2.24) is 15.8 Å². The van der Waals surface area contributed by atoms with Crippen LogP contribution in [0.15, 0.2) is 11.3 Å². The number of amides is 1. The summed E-state index contributed by atoms with van der Waals surface area (Å²) in [5.74, 6) is 3.01. The van der Waals surface area contributed by atoms with Crippen LogP contribution in [0.5, 0.6) is 0 Å². The second kappa shape index (κ2) is 7.40. The van der Waals surface area contributed by atoms with E-state index in [4.69, 9.17) is 11.6 Å². The molecule has 2 N–H and O–H groups in total. The van der Waals surface area contributed by atoms with Crippen molar-refractivity contribution in [2.45, 2.75) is 114 Å². The van der Waals surface area contributed by atoms with E-state index in [0.29, 0.717) is 11.5 Å². The maximum Gasteiger partial charge on any atom is 0.243 e. The third-order valence-corrected chi connectivity index (χ3v) is 10.3. The normalized spacial score (nSPS) is 43.9. The average Bonchev–Trinajstić information content (AvgIpc) is 3.35. The van der Waals surface area contributed by atoms with Gasteiger partial charge >= 0.3 is 0 Å². The summed E-state index contributed by atoms with van der Waals surface area (Å²) in [4.78, 5) is 13.6. The first kappa shape index (κ1) is 19.9. The third kappa shape index (κ3) is 3.07. The molecule has 5 atom stereocenters. The average molecular weight is 432 g/mol. The van der Waals surface area contributed by atoms with E-state index in [9.17, 15) is 4.79 Å². The number of hydrogen-bond acceptors (Lipinski definition) is 3. The molecule has 5 heteroatoms. The summed E-state index contributed by atoms with van der Waals surface area (Å²) in [5.41, 5.74) is 6.56. The molecule has 7 rings (SSSR count). The van der Waals surface area contributed by atoms with E-state index in [1.54, 1.807) is 0 Å². The molecule has 0 aromatic carbocycles. The molecule has 5 fully saturated rings. The van der Waals surface area contributed by atoms with Gasteiger partial charge in [-0.25, -0.2) is 5.43 Å². The van der Waals surface area contributed by atoms with Gasteiger partial charge in [0.05, 0.1) is 5.38 Å². The molecule has 1 amide bonds. The molecule has 4 bridgehead atoms. The Balaban J connectivity index is 1.20. The van der Waals surface area contributed by atoms with Crippen LogP contribution < -0.4 is 10.7 Å². The number of nitrogens with zero attached hydrogens (tertiary/aromatic N) is 1. The Labute approximate surface area is 186 Å². The van der Waals surface area contributed by atoms with E-state index >= 15 is 0 Å². The lowest BCUT2D eigenvalue weighted by Crippen LogP contribution is -2.55. The molecule has 6 aliphatic carbocycles. The van der Waals surface area contributed by atoms with Crippen molar-refractivity contribution >= 4 is 17.5 Å². The van der Waals surface area contributed by atoms with Gasteiger partial charge in [0.1, 0.15) is 6.04 Å². The minimum Gasteiger partial charge on any atom is -0.351 e. The van der Waals surface area contributed by atoms with Gasteiger partial charge < -0.3 is 10.3 Å². The monoisotopic (exact) mass is 431 g/mol. The van der Waals surface area contributed by atoms with E-state index in [1.807, 2.05) is 0 Å². The van der Waals surface area contributed by atoms with Gasteiger partial charge in [-0.1, -0.05) is 19.3 Å². The molecule has 5 saturated carbocycles. The summed E-state index contributed by atoms with van der Waals surface area (Å²) in [6, 6.07) is 0.571. The largest absolute Gasteiger partial charge is 0.351 e. The van der Waals surface area contributed by atoms with Crippen molar-refractivity contribution < 1.29 is 4.79 Å². The van der Waals surface area contributed by atoms with Crippen LogP contribution in [0.25, 0.3) is 0 Å². The molecule has 4 nitrogen and oxygen atoms in total. The Bertz CT molecular complexity index is 725. The number of alkyl halides is 1. The van der Waals surface area contributed by atoms with Crippen LogP contribution in [0.2, 0.25) is 0 Å². The Morgan fingerprint density at radius 3 is 2.53 bits per heavy atom. The Morgan fingerprint density at radius 1 is 1.10 bits per heavy atom. The lowest BCUT2D eigenvalue weighted by molar-refractivity contribution is -0.125. The molecule has 30 heavy (non-hydrogen) atoms. The van der Waals surface area contributed by atoms with Gasteiger partial charge in [-0.2, -0.15) is 0 Å². The molecule has 0 radical (unpaired) electrons. The van der Waals surface area contributed by atoms with Gasteiger partial charge in [-0.05, 0) is 99.9 Å². The van der Waals surface area contributed by atoms with Crippen LogP contribution >= 0.6 is 11.6 Å². The lowest BCUT2D eigenvalue weighted by atomic mass is 9.65. The fourth-order valence-corrected chi connectivity index (χ4v) is 8.93. The van der Waals surface area contributed by atoms with Crippen LogP contribution in [0.4, 0.5) is 0 Å². The second-order valence-electron chi connectivity index (χ2n) is 11.6. The molecule has 1 aliphatic heterocycles. The van der Waals surface area contributed by atoms with E-state index < -0.39 is 0 Å². The summed E-state index contributed by atoms with van der Waals surface area (Å²) >= 11 is 6.83. The quantitative estimate of drug-likeness (QED) is 0.623. The zero-order valence-corrected chi connectivity index (χ0v) is 19.2. The lowest BCUT2D eigenvalue weighted by Gasteiger charge is -2.43. The predicted molar refractivity (Wildman–Crippen MR) is 120 cm³/mol. The molecule has 5 unspecified atom stereocenters. The summed E-state index contributed by atoms with van der Waals surface area (Å²) < 4.78 is 0. The number of hydrazine groups is 1. The smallest absolute Gasteiger partial charge is 0.243 e. The molecular formula is C25H38ClN3O. The first-order chi connectivity index (χ1) is 14.5. The highest BCUT2D eigenvalue weighted by atomic mass is 35.5. The maximum atomic E-state index is 13.6. The highest BCUT2D eigenvalue weighted by Crippen LogP contribution is 2.65. The molecule has 0 spiro atoms. The minimum absolute atomic E-state index is 0.0537. The maximum absolute atomic E-state index is 13.6. The van der Waals surface area contributed by atoms with Crippen molar-refractivity contribution in [2.75, 3.05) is 0 Å². The van der Waals surface area contributed by atoms with E-state index in [2.05, 4.69) is 22.7 Å². The standard InChI is InChI=1S/C25H38ClN3O/c1-15(25-12-16-10-17(13-25)18(11-16)14-25)27-24(30)22-20-8-5-9-21(26)23(20)29(28-22)19-6-3-2-4-7-19/h15-19,21-22,28H,2-14H2,1H3,(H,27,30). The highest BCUT2D eigenvalue weighted by Gasteiger charge is 2.58. The molecule has 0 aromatic rings. The molecule has 7 aliphatic rings. The van der Waals surface area contributed by atoms with Crippen molar-refractivity contribution in [3.8, 4) is 0 Å². The number of nitrogens with one attached hydrogen (secondary N) is 2. The predicted octanol–water partition coefficient (Wildman–Crippen LogP) is 4.88. The Morgan fingerprint density at radius 2 is 1.83 bits per heavy atom. The zero-order valence-electron chi connectivity index (χ0n) is 18.5. The van der Waals surface area contributed by atoms with Gasteiger partial charge in [-0.3, -0.25) is 4.79 Å². The first-order valence-electron chi connectivity index (χ1n) is 12.8. The summed E-state index contributed by atoms with van der Waals surface area (Å²) in [7, 11) is 0. The number of rotatable bonds is 4. The van der Waals surface area contributed by atoms with Crippen molar-refractivity contribution in [2.24, 2.45) is 23.2 Å². The number of carbonyl (C=O) groups is 1. The van der Waals surface area contributed by atoms with Gasteiger partial charge in [-0.15, -0.1) is 11.6 Å². The summed E-state index contributed by atoms with van der Waals surface area (Å²) in [6.07, 6.45) is 16.4. The molecule has 0 saturated heterocycles. The van der Waals surface area contributed by atoms with Crippen LogP contribution in [0, 0.1) is 23.2 Å².